The predicted octanol–water partition coefficient (Wildman–Crippen LogP) is 0.932. The molecule has 1 aliphatic rings. The van der Waals surface area contributed by atoms with Crippen molar-refractivity contribution in [1.29, 1.82) is 0 Å². The molecule has 7 heteroatoms. The smallest absolute Gasteiger partial charge is 0.254 e. The van der Waals surface area contributed by atoms with Crippen molar-refractivity contribution in [2.45, 2.75) is 37.9 Å². The summed E-state index contributed by atoms with van der Waals surface area (Å²) in [6.07, 6.45) is 3.36. The zero-order valence-electron chi connectivity index (χ0n) is 11.8. The van der Waals surface area contributed by atoms with Crippen molar-refractivity contribution in [3.8, 4) is 5.75 Å². The standard InChI is InChI=1S/C14H19BrN2O4/c1-17-7-10(15)11(6-12(17)18)21-9-4-2-8(3-5-9)13(19)14(16)20/h6-9,13,19H,2-5H2,1H3,(H2,16,20). The van der Waals surface area contributed by atoms with E-state index in [-0.39, 0.29) is 17.6 Å². The Bertz CT molecular complexity index is 579. The molecule has 6 nitrogen and oxygen atoms in total. The first-order chi connectivity index (χ1) is 9.88. The first-order valence-electron chi connectivity index (χ1n) is 6.88. The summed E-state index contributed by atoms with van der Waals surface area (Å²) in [6, 6.07) is 1.45. The number of aliphatic hydroxyl groups excluding tert-OH is 1. The number of hydrogen-bond acceptors (Lipinski definition) is 4. The first-order valence-corrected chi connectivity index (χ1v) is 7.68. The van der Waals surface area contributed by atoms with Gasteiger partial charge in [0.1, 0.15) is 11.9 Å². The largest absolute Gasteiger partial charge is 0.489 e. The molecule has 0 saturated heterocycles. The molecule has 0 spiro atoms. The number of amides is 1. The van der Waals surface area contributed by atoms with Gasteiger partial charge in [0.15, 0.2) is 0 Å². The molecule has 0 radical (unpaired) electrons. The summed E-state index contributed by atoms with van der Waals surface area (Å²) in [5.41, 5.74) is 4.98. The number of primary amides is 1. The van der Waals surface area contributed by atoms with Crippen LogP contribution in [0.15, 0.2) is 21.5 Å². The number of halogens is 1. The normalized spacial score (nSPS) is 23.6. The number of ether oxygens (including phenoxy) is 1. The molecule has 1 aromatic rings. The van der Waals surface area contributed by atoms with Crippen LogP contribution in [0.2, 0.25) is 0 Å². The Morgan fingerprint density at radius 2 is 2.10 bits per heavy atom. The fourth-order valence-electron chi connectivity index (χ4n) is 2.60. The van der Waals surface area contributed by atoms with Crippen molar-refractivity contribution >= 4 is 21.8 Å². The number of aliphatic hydroxyl groups is 1. The fourth-order valence-corrected chi connectivity index (χ4v) is 3.12. The van der Waals surface area contributed by atoms with Gasteiger partial charge in [0, 0.05) is 19.3 Å². The molecule has 1 aliphatic carbocycles. The average molecular weight is 359 g/mol. The van der Waals surface area contributed by atoms with E-state index >= 15 is 0 Å². The lowest BCUT2D eigenvalue weighted by atomic mass is 9.83. The Morgan fingerprint density at radius 3 is 2.67 bits per heavy atom. The molecular formula is C14H19BrN2O4. The molecule has 0 bridgehead atoms. The lowest BCUT2D eigenvalue weighted by molar-refractivity contribution is -0.129. The number of nitrogens with two attached hydrogens (primary N) is 1. The van der Waals surface area contributed by atoms with Gasteiger partial charge < -0.3 is 20.1 Å². The molecule has 1 fully saturated rings. The second-order valence-corrected chi connectivity index (χ2v) is 6.29. The summed E-state index contributed by atoms with van der Waals surface area (Å²) in [7, 11) is 1.67. The SMILES string of the molecule is Cn1cc(Br)c(OC2CCC(C(O)C(N)=O)CC2)cc1=O. The second kappa shape index (κ2) is 6.62. The number of rotatable bonds is 4. The van der Waals surface area contributed by atoms with Crippen LogP contribution in [0.5, 0.6) is 5.75 Å². The third-order valence-corrected chi connectivity index (χ3v) is 4.49. The number of carbonyl (C=O) groups excluding carboxylic acids is 1. The van der Waals surface area contributed by atoms with Gasteiger partial charge in [-0.25, -0.2) is 0 Å². The number of carbonyl (C=O) groups is 1. The Balaban J connectivity index is 1.96. The van der Waals surface area contributed by atoms with E-state index in [9.17, 15) is 14.7 Å². The van der Waals surface area contributed by atoms with Crippen molar-refractivity contribution in [3.05, 3.63) is 27.1 Å². The van der Waals surface area contributed by atoms with E-state index in [1.54, 1.807) is 13.2 Å². The maximum Gasteiger partial charge on any atom is 0.254 e. The van der Waals surface area contributed by atoms with Crippen LogP contribution < -0.4 is 16.0 Å². The number of aromatic nitrogens is 1. The van der Waals surface area contributed by atoms with Gasteiger partial charge in [-0.2, -0.15) is 0 Å². The van der Waals surface area contributed by atoms with E-state index in [1.165, 1.54) is 10.6 Å². The molecule has 1 unspecified atom stereocenters. The topological polar surface area (TPSA) is 94.5 Å². The van der Waals surface area contributed by atoms with E-state index in [0.29, 0.717) is 18.6 Å². The van der Waals surface area contributed by atoms with Crippen LogP contribution in [0, 0.1) is 5.92 Å². The van der Waals surface area contributed by atoms with Crippen LogP contribution >= 0.6 is 15.9 Å². The lowest BCUT2D eigenvalue weighted by Gasteiger charge is -2.30. The maximum atomic E-state index is 11.6. The van der Waals surface area contributed by atoms with Crippen LogP contribution in [0.3, 0.4) is 0 Å². The first kappa shape index (κ1) is 16.0. The summed E-state index contributed by atoms with van der Waals surface area (Å²) in [5.74, 6) is -0.250. The minimum atomic E-state index is -1.08. The highest BCUT2D eigenvalue weighted by atomic mass is 79.9. The maximum absolute atomic E-state index is 11.6. The number of hydrogen-bond donors (Lipinski definition) is 2. The van der Waals surface area contributed by atoms with Gasteiger partial charge in [0.25, 0.3) is 5.56 Å². The Morgan fingerprint density at radius 1 is 1.48 bits per heavy atom. The fraction of sp³-hybridized carbons (Fsp3) is 0.571. The van der Waals surface area contributed by atoms with Gasteiger partial charge in [-0.15, -0.1) is 0 Å². The summed E-state index contributed by atoms with van der Waals surface area (Å²) in [4.78, 5) is 22.6. The molecule has 1 atom stereocenters. The number of pyridine rings is 1. The van der Waals surface area contributed by atoms with Crippen molar-refractivity contribution in [3.63, 3.8) is 0 Å². The van der Waals surface area contributed by atoms with Gasteiger partial charge >= 0.3 is 0 Å². The molecular weight excluding hydrogens is 340 g/mol. The molecule has 116 valence electrons. The highest BCUT2D eigenvalue weighted by Crippen LogP contribution is 2.31. The zero-order chi connectivity index (χ0) is 15.6. The lowest BCUT2D eigenvalue weighted by Crippen LogP contribution is -2.38. The van der Waals surface area contributed by atoms with Crippen molar-refractivity contribution in [2.24, 2.45) is 18.7 Å². The molecule has 0 aromatic carbocycles. The average Bonchev–Trinajstić information content (AvgIpc) is 2.44. The van der Waals surface area contributed by atoms with E-state index in [4.69, 9.17) is 10.5 Å². The molecule has 1 amide bonds. The minimum Gasteiger partial charge on any atom is -0.489 e. The quantitative estimate of drug-likeness (QED) is 0.836. The molecule has 21 heavy (non-hydrogen) atoms. The van der Waals surface area contributed by atoms with Gasteiger partial charge in [-0.3, -0.25) is 9.59 Å². The zero-order valence-corrected chi connectivity index (χ0v) is 13.4. The van der Waals surface area contributed by atoms with Crippen LogP contribution in [0.25, 0.3) is 0 Å². The van der Waals surface area contributed by atoms with Crippen molar-refractivity contribution in [1.82, 2.24) is 4.57 Å². The Hall–Kier alpha value is -1.34. The van der Waals surface area contributed by atoms with E-state index in [1.807, 2.05) is 0 Å². The van der Waals surface area contributed by atoms with Gasteiger partial charge in [0.05, 0.1) is 10.6 Å². The molecule has 2 rings (SSSR count). The van der Waals surface area contributed by atoms with Crippen molar-refractivity contribution in [2.75, 3.05) is 0 Å². The van der Waals surface area contributed by atoms with Gasteiger partial charge in [0.2, 0.25) is 5.91 Å². The molecule has 3 N–H and O–H groups in total. The predicted molar refractivity (Wildman–Crippen MR) is 81.0 cm³/mol. The van der Waals surface area contributed by atoms with Crippen LogP contribution in [0.1, 0.15) is 25.7 Å². The summed E-state index contributed by atoms with van der Waals surface area (Å²) in [6.45, 7) is 0. The number of aryl methyl sites for hydroxylation is 1. The molecule has 1 saturated carbocycles. The van der Waals surface area contributed by atoms with Crippen LogP contribution in [0.4, 0.5) is 0 Å². The van der Waals surface area contributed by atoms with Crippen LogP contribution in [-0.2, 0) is 11.8 Å². The van der Waals surface area contributed by atoms with Gasteiger partial charge in [-0.05, 0) is 47.5 Å². The molecule has 1 aromatic heterocycles. The van der Waals surface area contributed by atoms with E-state index in [0.717, 1.165) is 17.3 Å². The monoisotopic (exact) mass is 358 g/mol. The summed E-state index contributed by atoms with van der Waals surface area (Å²) < 4.78 is 8.05. The Kier molecular flexibility index (Phi) is 5.05. The highest BCUT2D eigenvalue weighted by molar-refractivity contribution is 9.10. The number of nitrogens with zero attached hydrogens (tertiary/aromatic N) is 1. The highest BCUT2D eigenvalue weighted by Gasteiger charge is 2.30. The second-order valence-electron chi connectivity index (χ2n) is 5.44. The molecule has 1 heterocycles. The third kappa shape index (κ3) is 3.85. The van der Waals surface area contributed by atoms with E-state index < -0.39 is 12.0 Å². The molecule has 0 aliphatic heterocycles. The summed E-state index contributed by atoms with van der Waals surface area (Å²) in [5, 5.41) is 9.67. The van der Waals surface area contributed by atoms with Crippen LogP contribution in [-0.4, -0.2) is 27.8 Å². The Labute approximate surface area is 131 Å². The van der Waals surface area contributed by atoms with Crippen molar-refractivity contribution < 1.29 is 14.6 Å². The van der Waals surface area contributed by atoms with Gasteiger partial charge in [-0.1, -0.05) is 0 Å². The van der Waals surface area contributed by atoms with E-state index in [2.05, 4.69) is 15.9 Å². The minimum absolute atomic E-state index is 0.0234. The third-order valence-electron chi connectivity index (χ3n) is 3.90. The summed E-state index contributed by atoms with van der Waals surface area (Å²) >= 11 is 3.38.